The van der Waals surface area contributed by atoms with E-state index < -0.39 is 0 Å². The molecule has 92 valence electrons. The second-order valence-electron chi connectivity index (χ2n) is 3.33. The maximum atomic E-state index is 11.0. The van der Waals surface area contributed by atoms with Crippen molar-refractivity contribution in [1.29, 1.82) is 0 Å². The third-order valence-electron chi connectivity index (χ3n) is 1.68. The van der Waals surface area contributed by atoms with Crippen LogP contribution in [0.25, 0.3) is 0 Å². The predicted octanol–water partition coefficient (Wildman–Crippen LogP) is 2.23. The Morgan fingerprint density at radius 2 is 1.69 bits per heavy atom. The molecule has 0 saturated carbocycles. The number of rotatable bonds is 8. The number of hydrogen-bond acceptors (Lipinski definition) is 4. The van der Waals surface area contributed by atoms with Gasteiger partial charge >= 0.3 is 11.9 Å². The lowest BCUT2D eigenvalue weighted by Crippen LogP contribution is -2.04. The van der Waals surface area contributed by atoms with Crippen molar-refractivity contribution in [2.45, 2.75) is 39.5 Å². The van der Waals surface area contributed by atoms with Gasteiger partial charge in [-0.15, -0.1) is 0 Å². The molecule has 0 unspecified atom stereocenters. The van der Waals surface area contributed by atoms with E-state index in [9.17, 15) is 9.59 Å². The first-order chi connectivity index (χ1) is 7.70. The molecule has 4 heteroatoms. The lowest BCUT2D eigenvalue weighted by Gasteiger charge is -2.00. The molecule has 0 radical (unpaired) electrons. The highest BCUT2D eigenvalue weighted by atomic mass is 16.5. The number of ether oxygens (including phenoxy) is 2. The van der Waals surface area contributed by atoms with E-state index in [4.69, 9.17) is 9.47 Å². The predicted molar refractivity (Wildman–Crippen MR) is 60.9 cm³/mol. The van der Waals surface area contributed by atoms with E-state index in [-0.39, 0.29) is 11.9 Å². The van der Waals surface area contributed by atoms with Crippen molar-refractivity contribution < 1.29 is 19.1 Å². The van der Waals surface area contributed by atoms with Gasteiger partial charge in [-0.3, -0.25) is 4.79 Å². The van der Waals surface area contributed by atoms with Crippen LogP contribution in [0.4, 0.5) is 0 Å². The fraction of sp³-hybridized carbons (Fsp3) is 0.667. The monoisotopic (exact) mass is 228 g/mol. The minimum Gasteiger partial charge on any atom is -0.466 e. The highest BCUT2D eigenvalue weighted by molar-refractivity contribution is 5.82. The van der Waals surface area contributed by atoms with Crippen LogP contribution in [0.2, 0.25) is 0 Å². The second kappa shape index (κ2) is 10.2. The van der Waals surface area contributed by atoms with Gasteiger partial charge in [0.1, 0.15) is 0 Å². The zero-order valence-electron chi connectivity index (χ0n) is 10.0. The van der Waals surface area contributed by atoms with Crippen LogP contribution in [0.1, 0.15) is 39.5 Å². The van der Waals surface area contributed by atoms with Crippen LogP contribution in [-0.2, 0) is 19.1 Å². The molecule has 0 fully saturated rings. The lowest BCUT2D eigenvalue weighted by molar-refractivity contribution is -0.143. The zero-order valence-corrected chi connectivity index (χ0v) is 10.0. The molecule has 0 saturated heterocycles. The maximum absolute atomic E-state index is 11.0. The summed E-state index contributed by atoms with van der Waals surface area (Å²) in [6.45, 7) is 4.76. The Balaban J connectivity index is 3.52. The Morgan fingerprint density at radius 3 is 2.31 bits per heavy atom. The van der Waals surface area contributed by atoms with E-state index in [0.29, 0.717) is 26.1 Å². The Hall–Kier alpha value is -1.32. The first-order valence-corrected chi connectivity index (χ1v) is 5.69. The summed E-state index contributed by atoms with van der Waals surface area (Å²) in [5, 5.41) is 0. The van der Waals surface area contributed by atoms with Gasteiger partial charge in [-0.1, -0.05) is 19.9 Å². The van der Waals surface area contributed by atoms with Gasteiger partial charge in [-0.25, -0.2) is 4.79 Å². The van der Waals surface area contributed by atoms with Crippen LogP contribution in [-0.4, -0.2) is 25.2 Å². The minimum absolute atomic E-state index is 0.228. The topological polar surface area (TPSA) is 52.6 Å². The molecule has 16 heavy (non-hydrogen) atoms. The van der Waals surface area contributed by atoms with Crippen LogP contribution < -0.4 is 0 Å². The minimum atomic E-state index is -0.358. The molecule has 0 bridgehead atoms. The van der Waals surface area contributed by atoms with Gasteiger partial charge in [0.2, 0.25) is 0 Å². The third kappa shape index (κ3) is 9.24. The molecular formula is C12H20O4. The van der Waals surface area contributed by atoms with Crippen molar-refractivity contribution in [3.63, 3.8) is 0 Å². The van der Waals surface area contributed by atoms with Gasteiger partial charge in [-0.05, 0) is 19.3 Å². The molecule has 0 atom stereocenters. The van der Waals surface area contributed by atoms with Gasteiger partial charge in [0.05, 0.1) is 13.2 Å². The van der Waals surface area contributed by atoms with Gasteiger partial charge in [0.15, 0.2) is 0 Å². The smallest absolute Gasteiger partial charge is 0.330 e. The van der Waals surface area contributed by atoms with E-state index >= 15 is 0 Å². The number of esters is 2. The number of carbonyl (C=O) groups is 2. The largest absolute Gasteiger partial charge is 0.466 e. The van der Waals surface area contributed by atoms with Crippen molar-refractivity contribution in [2.24, 2.45) is 0 Å². The number of allylic oxidation sites excluding steroid dienone is 1. The fourth-order valence-corrected chi connectivity index (χ4v) is 0.920. The standard InChI is InChI=1S/C12H20O4/c1-3-9-15-11(13)7-5-6-8-12(14)16-10-4-2/h5,7H,3-4,6,8-10H2,1-2H3. The Labute approximate surface area is 96.6 Å². The third-order valence-corrected chi connectivity index (χ3v) is 1.68. The molecule has 0 aromatic carbocycles. The normalized spacial score (nSPS) is 10.4. The molecule has 0 spiro atoms. The molecule has 0 heterocycles. The molecular weight excluding hydrogens is 208 g/mol. The Kier molecular flexibility index (Phi) is 9.36. The first kappa shape index (κ1) is 14.7. The average Bonchev–Trinajstić information content (AvgIpc) is 2.29. The maximum Gasteiger partial charge on any atom is 0.330 e. The number of carbonyl (C=O) groups excluding carboxylic acids is 2. The summed E-state index contributed by atoms with van der Waals surface area (Å²) in [7, 11) is 0. The quantitative estimate of drug-likeness (QED) is 0.472. The molecule has 0 N–H and O–H groups in total. The molecule has 0 aromatic heterocycles. The fourth-order valence-electron chi connectivity index (χ4n) is 0.920. The van der Waals surface area contributed by atoms with Crippen LogP contribution in [0.3, 0.4) is 0 Å². The second-order valence-corrected chi connectivity index (χ2v) is 3.33. The molecule has 0 rings (SSSR count). The molecule has 0 aliphatic heterocycles. The van der Waals surface area contributed by atoms with Crippen molar-refractivity contribution >= 4 is 11.9 Å². The van der Waals surface area contributed by atoms with Gasteiger partial charge in [0, 0.05) is 12.5 Å². The SMILES string of the molecule is CCCOC(=O)C=CCCC(=O)OCCC. The van der Waals surface area contributed by atoms with E-state index in [0.717, 1.165) is 12.8 Å². The molecule has 0 aliphatic carbocycles. The van der Waals surface area contributed by atoms with Gasteiger partial charge in [-0.2, -0.15) is 0 Å². The van der Waals surface area contributed by atoms with Crippen molar-refractivity contribution in [3.8, 4) is 0 Å². The van der Waals surface area contributed by atoms with Crippen molar-refractivity contribution in [2.75, 3.05) is 13.2 Å². The Bertz CT molecular complexity index is 233. The van der Waals surface area contributed by atoms with Crippen molar-refractivity contribution in [1.82, 2.24) is 0 Å². The highest BCUT2D eigenvalue weighted by Gasteiger charge is 2.00. The number of hydrogen-bond donors (Lipinski definition) is 0. The van der Waals surface area contributed by atoms with E-state index in [1.807, 2.05) is 13.8 Å². The van der Waals surface area contributed by atoms with E-state index in [2.05, 4.69) is 0 Å². The van der Waals surface area contributed by atoms with Crippen molar-refractivity contribution in [3.05, 3.63) is 12.2 Å². The van der Waals surface area contributed by atoms with E-state index in [1.54, 1.807) is 6.08 Å². The van der Waals surface area contributed by atoms with Crippen LogP contribution in [0, 0.1) is 0 Å². The van der Waals surface area contributed by atoms with Crippen LogP contribution >= 0.6 is 0 Å². The summed E-state index contributed by atoms with van der Waals surface area (Å²) in [6.07, 6.45) is 5.42. The van der Waals surface area contributed by atoms with E-state index in [1.165, 1.54) is 6.08 Å². The first-order valence-electron chi connectivity index (χ1n) is 5.69. The highest BCUT2D eigenvalue weighted by Crippen LogP contribution is 1.96. The molecule has 4 nitrogen and oxygen atoms in total. The van der Waals surface area contributed by atoms with Crippen LogP contribution in [0.15, 0.2) is 12.2 Å². The molecule has 0 aliphatic rings. The molecule has 0 aromatic rings. The lowest BCUT2D eigenvalue weighted by atomic mass is 10.3. The summed E-state index contributed by atoms with van der Waals surface area (Å²) in [5.74, 6) is -0.586. The molecule has 0 amide bonds. The summed E-state index contributed by atoms with van der Waals surface area (Å²) in [6, 6.07) is 0. The summed E-state index contributed by atoms with van der Waals surface area (Å²) in [5.41, 5.74) is 0. The van der Waals surface area contributed by atoms with Gasteiger partial charge in [0.25, 0.3) is 0 Å². The van der Waals surface area contributed by atoms with Gasteiger partial charge < -0.3 is 9.47 Å². The van der Waals surface area contributed by atoms with Crippen LogP contribution in [0.5, 0.6) is 0 Å². The summed E-state index contributed by atoms with van der Waals surface area (Å²) in [4.78, 5) is 22.0. The summed E-state index contributed by atoms with van der Waals surface area (Å²) >= 11 is 0. The Morgan fingerprint density at radius 1 is 1.06 bits per heavy atom. The average molecular weight is 228 g/mol. The summed E-state index contributed by atoms with van der Waals surface area (Å²) < 4.78 is 9.70. The zero-order chi connectivity index (χ0) is 12.2.